The van der Waals surface area contributed by atoms with Crippen LogP contribution in [0.1, 0.15) is 23.6 Å². The number of hydrogen-bond acceptors (Lipinski definition) is 4. The molecule has 0 bridgehead atoms. The summed E-state index contributed by atoms with van der Waals surface area (Å²) in [6, 6.07) is 13.3. The number of phenols is 1. The first-order valence-corrected chi connectivity index (χ1v) is 7.12. The summed E-state index contributed by atoms with van der Waals surface area (Å²) >= 11 is 0. The Balaban J connectivity index is 0.00000288. The van der Waals surface area contributed by atoms with Crippen molar-refractivity contribution in [2.24, 2.45) is 21.7 Å². The summed E-state index contributed by atoms with van der Waals surface area (Å²) in [6.45, 7) is 3.93. The van der Waals surface area contributed by atoms with Crippen molar-refractivity contribution in [2.75, 3.05) is 0 Å². The molecule has 0 saturated carbocycles. The van der Waals surface area contributed by atoms with E-state index in [-0.39, 0.29) is 24.1 Å². The summed E-state index contributed by atoms with van der Waals surface area (Å²) in [7, 11) is 0. The second-order valence-electron chi connectivity index (χ2n) is 5.07. The van der Waals surface area contributed by atoms with Crippen molar-refractivity contribution in [3.63, 3.8) is 0 Å². The second kappa shape index (κ2) is 8.79. The smallest absolute Gasteiger partial charge is 0.211 e. The van der Waals surface area contributed by atoms with Gasteiger partial charge in [-0.3, -0.25) is 0 Å². The number of aromatic hydroxyl groups is 1. The van der Waals surface area contributed by atoms with E-state index < -0.39 is 0 Å². The minimum Gasteiger partial charge on any atom is -0.507 e. The maximum absolute atomic E-state index is 10.3. The van der Waals surface area contributed by atoms with Gasteiger partial charge in [-0.1, -0.05) is 30.3 Å². The molecule has 0 fully saturated rings. The van der Waals surface area contributed by atoms with Crippen molar-refractivity contribution in [1.29, 1.82) is 0 Å². The molecule has 0 aliphatic heterocycles. The lowest BCUT2D eigenvalue weighted by Gasteiger charge is -2.13. The van der Waals surface area contributed by atoms with E-state index in [1.807, 2.05) is 30.3 Å². The Hall–Kier alpha value is -2.73. The van der Waals surface area contributed by atoms with Crippen LogP contribution in [0, 0.1) is 6.92 Å². The molecule has 0 heterocycles. The van der Waals surface area contributed by atoms with Crippen LogP contribution in [-0.2, 0) is 6.61 Å². The third-order valence-corrected chi connectivity index (χ3v) is 3.32. The normalized spacial score (nSPS) is 10.7. The van der Waals surface area contributed by atoms with E-state index in [9.17, 15) is 5.11 Å². The quantitative estimate of drug-likeness (QED) is 0.438. The number of ether oxygens (including phenoxy) is 1. The SMILES string of the molecule is C/C(=N\N=C(N)N)c1ccc(OCc2ccccc2)c(C)c1O.Cl. The molecule has 0 aliphatic carbocycles. The average Bonchev–Trinajstić information content (AvgIpc) is 2.55. The molecule has 24 heavy (non-hydrogen) atoms. The molecule has 0 amide bonds. The number of benzene rings is 2. The molecule has 2 aromatic rings. The largest absolute Gasteiger partial charge is 0.507 e. The van der Waals surface area contributed by atoms with Crippen LogP contribution in [0.3, 0.4) is 0 Å². The zero-order chi connectivity index (χ0) is 16.8. The summed E-state index contributed by atoms with van der Waals surface area (Å²) in [5.74, 6) is 0.579. The number of halogens is 1. The summed E-state index contributed by atoms with van der Waals surface area (Å²) in [4.78, 5) is 0. The molecular weight excluding hydrogens is 328 g/mol. The Morgan fingerprint density at radius 2 is 1.75 bits per heavy atom. The van der Waals surface area contributed by atoms with E-state index in [4.69, 9.17) is 16.2 Å². The summed E-state index contributed by atoms with van der Waals surface area (Å²) in [5.41, 5.74) is 13.2. The highest BCUT2D eigenvalue weighted by Crippen LogP contribution is 2.31. The van der Waals surface area contributed by atoms with Crippen molar-refractivity contribution >= 4 is 24.1 Å². The fourth-order valence-corrected chi connectivity index (χ4v) is 2.05. The van der Waals surface area contributed by atoms with Crippen molar-refractivity contribution in [1.82, 2.24) is 0 Å². The minimum atomic E-state index is -0.136. The van der Waals surface area contributed by atoms with Crippen LogP contribution in [0.25, 0.3) is 0 Å². The number of nitrogens with two attached hydrogens (primary N) is 2. The molecule has 6 nitrogen and oxygen atoms in total. The lowest BCUT2D eigenvalue weighted by Crippen LogP contribution is -2.22. The Morgan fingerprint density at radius 1 is 1.08 bits per heavy atom. The maximum Gasteiger partial charge on any atom is 0.211 e. The minimum absolute atomic E-state index is 0. The predicted molar refractivity (Wildman–Crippen MR) is 98.9 cm³/mol. The molecule has 7 heteroatoms. The van der Waals surface area contributed by atoms with Crippen LogP contribution in [0.2, 0.25) is 0 Å². The standard InChI is InChI=1S/C17H20N4O2.ClH/c1-11-15(23-10-13-6-4-3-5-7-13)9-8-14(16(11)22)12(2)20-21-17(18)19;/h3-9,22H,10H2,1-2H3,(H4,18,19,21);1H/b20-12+;. The van der Waals surface area contributed by atoms with Crippen molar-refractivity contribution < 1.29 is 9.84 Å². The van der Waals surface area contributed by atoms with Crippen LogP contribution >= 0.6 is 12.4 Å². The van der Waals surface area contributed by atoms with Gasteiger partial charge in [0.05, 0.1) is 5.71 Å². The predicted octanol–water partition coefficient (Wildman–Crippen LogP) is 2.70. The third kappa shape index (κ3) is 4.89. The van der Waals surface area contributed by atoms with Crippen molar-refractivity contribution in [3.05, 3.63) is 59.2 Å². The highest BCUT2D eigenvalue weighted by molar-refractivity contribution is 6.01. The molecule has 0 radical (unpaired) electrons. The lowest BCUT2D eigenvalue weighted by atomic mass is 10.1. The molecule has 0 aliphatic rings. The number of nitrogens with zero attached hydrogens (tertiary/aromatic N) is 2. The van der Waals surface area contributed by atoms with E-state index in [1.165, 1.54) is 0 Å². The number of guanidine groups is 1. The third-order valence-electron chi connectivity index (χ3n) is 3.32. The Bertz CT molecular complexity index is 742. The molecule has 128 valence electrons. The van der Waals surface area contributed by atoms with Crippen LogP contribution in [0.15, 0.2) is 52.7 Å². The summed E-state index contributed by atoms with van der Waals surface area (Å²) in [6.07, 6.45) is 0. The van der Waals surface area contributed by atoms with Gasteiger partial charge in [-0.15, -0.1) is 17.5 Å². The molecule has 2 aromatic carbocycles. The number of hydrogen-bond donors (Lipinski definition) is 3. The van der Waals surface area contributed by atoms with Gasteiger partial charge in [0.1, 0.15) is 18.1 Å². The van der Waals surface area contributed by atoms with Crippen LogP contribution < -0.4 is 16.2 Å². The Morgan fingerprint density at radius 3 is 2.38 bits per heavy atom. The topological polar surface area (TPSA) is 106 Å². The highest BCUT2D eigenvalue weighted by Gasteiger charge is 2.12. The Kier molecular flexibility index (Phi) is 7.07. The molecule has 0 unspecified atom stereocenters. The lowest BCUT2D eigenvalue weighted by molar-refractivity contribution is 0.302. The van der Waals surface area contributed by atoms with Gasteiger partial charge in [0.15, 0.2) is 0 Å². The molecule has 5 N–H and O–H groups in total. The molecule has 0 atom stereocenters. The first-order valence-electron chi connectivity index (χ1n) is 7.12. The first kappa shape index (κ1) is 19.3. The van der Waals surface area contributed by atoms with Gasteiger partial charge < -0.3 is 21.3 Å². The molecular formula is C17H21ClN4O2. The number of rotatable bonds is 5. The molecule has 0 aromatic heterocycles. The second-order valence-corrected chi connectivity index (χ2v) is 5.07. The zero-order valence-electron chi connectivity index (χ0n) is 13.6. The van der Waals surface area contributed by atoms with E-state index >= 15 is 0 Å². The molecule has 0 saturated heterocycles. The average molecular weight is 349 g/mol. The van der Waals surface area contributed by atoms with E-state index in [2.05, 4.69) is 10.2 Å². The Labute approximate surface area is 147 Å². The first-order chi connectivity index (χ1) is 11.0. The van der Waals surface area contributed by atoms with Gasteiger partial charge in [0.25, 0.3) is 0 Å². The van der Waals surface area contributed by atoms with Crippen molar-refractivity contribution in [3.8, 4) is 11.5 Å². The zero-order valence-corrected chi connectivity index (χ0v) is 14.4. The van der Waals surface area contributed by atoms with E-state index in [1.54, 1.807) is 26.0 Å². The van der Waals surface area contributed by atoms with Gasteiger partial charge >= 0.3 is 0 Å². The monoisotopic (exact) mass is 348 g/mol. The van der Waals surface area contributed by atoms with Gasteiger partial charge in [-0.25, -0.2) is 0 Å². The van der Waals surface area contributed by atoms with Crippen molar-refractivity contribution in [2.45, 2.75) is 20.5 Å². The fraction of sp³-hybridized carbons (Fsp3) is 0.176. The molecule has 0 spiro atoms. The van der Waals surface area contributed by atoms with Gasteiger partial charge in [0.2, 0.25) is 5.96 Å². The van der Waals surface area contributed by atoms with E-state index in [0.29, 0.717) is 29.2 Å². The van der Waals surface area contributed by atoms with Crippen LogP contribution in [-0.4, -0.2) is 16.8 Å². The maximum atomic E-state index is 10.3. The van der Waals surface area contributed by atoms with Gasteiger partial charge in [-0.2, -0.15) is 5.10 Å². The summed E-state index contributed by atoms with van der Waals surface area (Å²) in [5, 5.41) is 17.8. The van der Waals surface area contributed by atoms with Gasteiger partial charge in [-0.05, 0) is 31.5 Å². The fourth-order valence-electron chi connectivity index (χ4n) is 2.05. The van der Waals surface area contributed by atoms with Gasteiger partial charge in [0, 0.05) is 11.1 Å². The molecule has 2 rings (SSSR count). The highest BCUT2D eigenvalue weighted by atomic mass is 35.5. The van der Waals surface area contributed by atoms with E-state index in [0.717, 1.165) is 5.56 Å². The van der Waals surface area contributed by atoms with Crippen LogP contribution in [0.5, 0.6) is 11.5 Å². The number of phenolic OH excluding ortho intramolecular Hbond substituents is 1. The summed E-state index contributed by atoms with van der Waals surface area (Å²) < 4.78 is 5.77. The van der Waals surface area contributed by atoms with Crippen LogP contribution in [0.4, 0.5) is 0 Å².